The molecule has 2 N–H and O–H groups in total. The number of aromatic nitrogens is 4. The molecule has 0 spiro atoms. The average molecular weight is 366 g/mol. The van der Waals surface area contributed by atoms with Crippen LogP contribution in [-0.2, 0) is 32.7 Å². The molecule has 1 aromatic carbocycles. The predicted octanol–water partition coefficient (Wildman–Crippen LogP) is 2.28. The summed E-state index contributed by atoms with van der Waals surface area (Å²) in [5.74, 6) is 0.951. The third-order valence-electron chi connectivity index (χ3n) is 2.68. The van der Waals surface area contributed by atoms with E-state index in [1.807, 2.05) is 31.2 Å². The summed E-state index contributed by atoms with van der Waals surface area (Å²) in [7, 11) is 0. The third-order valence-corrected chi connectivity index (χ3v) is 2.68. The molecule has 0 aliphatic rings. The van der Waals surface area contributed by atoms with Crippen LogP contribution in [0.25, 0.3) is 0 Å². The van der Waals surface area contributed by atoms with Crippen molar-refractivity contribution in [2.45, 2.75) is 6.92 Å². The van der Waals surface area contributed by atoms with Gasteiger partial charge in [0, 0.05) is 50.8 Å². The fourth-order valence-electron chi connectivity index (χ4n) is 1.77. The van der Waals surface area contributed by atoms with E-state index < -0.39 is 0 Å². The second-order valence-electron chi connectivity index (χ2n) is 4.38. The molecule has 1 radical (unpaired) electrons. The van der Waals surface area contributed by atoms with Crippen molar-refractivity contribution in [1.29, 1.82) is 0 Å². The van der Waals surface area contributed by atoms with Gasteiger partial charge in [0.1, 0.15) is 0 Å². The van der Waals surface area contributed by atoms with Gasteiger partial charge >= 0.3 is 0 Å². The number of hydrogen-bond donors (Lipinski definition) is 2. The van der Waals surface area contributed by atoms with E-state index in [-0.39, 0.29) is 32.7 Å². The van der Waals surface area contributed by atoms with Crippen LogP contribution in [0.4, 0.5) is 17.6 Å². The van der Waals surface area contributed by atoms with Crippen LogP contribution in [0, 0.1) is 13.0 Å². The minimum atomic E-state index is 0. The summed E-state index contributed by atoms with van der Waals surface area (Å²) in [5, 5.41) is 3.18. The van der Waals surface area contributed by atoms with Crippen LogP contribution in [0.1, 0.15) is 5.56 Å². The largest absolute Gasteiger partial charge is 0.408 e. The number of anilines is 2. The van der Waals surface area contributed by atoms with Crippen molar-refractivity contribution >= 4 is 17.6 Å². The first kappa shape index (κ1) is 16.5. The molecule has 22 heavy (non-hydrogen) atoms. The molecule has 107 valence electrons. The molecule has 6 nitrogen and oxygen atoms in total. The van der Waals surface area contributed by atoms with Gasteiger partial charge in [0.15, 0.2) is 0 Å². The number of nitrogens with zero attached hydrogens (tertiary/aromatic N) is 4. The summed E-state index contributed by atoms with van der Waals surface area (Å²) < 4.78 is 0. The molecule has 0 bridgehead atoms. The molecule has 2 heterocycles. The Morgan fingerprint density at radius 3 is 2.73 bits per heavy atom. The van der Waals surface area contributed by atoms with Crippen molar-refractivity contribution in [3.63, 3.8) is 0 Å². The van der Waals surface area contributed by atoms with Crippen LogP contribution in [0.15, 0.2) is 53.9 Å². The number of benzene rings is 1. The zero-order chi connectivity index (χ0) is 14.5. The van der Waals surface area contributed by atoms with Gasteiger partial charge in [-0.3, -0.25) is 4.98 Å². The normalized spacial score (nSPS) is 10.9. The summed E-state index contributed by atoms with van der Waals surface area (Å²) in [6.45, 7) is 2.04. The Kier molecular flexibility index (Phi) is 5.92. The minimum Gasteiger partial charge on any atom is -0.408 e. The average Bonchev–Trinajstić information content (AvgIpc) is 2.49. The molecule has 0 atom stereocenters. The molecule has 0 fully saturated rings. The van der Waals surface area contributed by atoms with Crippen molar-refractivity contribution in [1.82, 2.24) is 19.9 Å². The molecule has 0 amide bonds. The van der Waals surface area contributed by atoms with Crippen LogP contribution in [0.2, 0.25) is 0 Å². The van der Waals surface area contributed by atoms with E-state index in [1.165, 1.54) is 5.56 Å². The summed E-state index contributed by atoms with van der Waals surface area (Å²) in [6, 6.07) is 12.7. The van der Waals surface area contributed by atoms with Gasteiger partial charge in [-0.2, -0.15) is 0 Å². The molecule has 0 saturated heterocycles. The van der Waals surface area contributed by atoms with Gasteiger partial charge < -0.3 is 16.4 Å². The molecule has 7 heteroatoms. The first-order valence-corrected chi connectivity index (χ1v) is 6.42. The Morgan fingerprint density at radius 2 is 1.95 bits per heavy atom. The van der Waals surface area contributed by atoms with E-state index in [9.17, 15) is 0 Å². The van der Waals surface area contributed by atoms with Crippen molar-refractivity contribution < 1.29 is 32.7 Å². The van der Waals surface area contributed by atoms with E-state index >= 15 is 0 Å². The molecule has 0 aliphatic heterocycles. The Hall–Kier alpha value is -1.92. The zero-order valence-electron chi connectivity index (χ0n) is 12.0. The van der Waals surface area contributed by atoms with Crippen LogP contribution in [0.3, 0.4) is 0 Å². The maximum absolute atomic E-state index is 4.25. The first-order chi connectivity index (χ1) is 10.3. The Balaban J connectivity index is 0.00000176. The Bertz CT molecular complexity index is 800. The number of hydrogen-bond acceptors (Lipinski definition) is 5. The van der Waals surface area contributed by atoms with E-state index in [2.05, 4.69) is 36.3 Å². The fraction of sp³-hybridized carbons (Fsp3) is 0.0667. The van der Waals surface area contributed by atoms with Crippen molar-refractivity contribution in [2.75, 3.05) is 5.32 Å². The van der Waals surface area contributed by atoms with Gasteiger partial charge in [-0.05, 0) is 36.2 Å². The summed E-state index contributed by atoms with van der Waals surface area (Å²) >= 11 is 0. The van der Waals surface area contributed by atoms with Gasteiger partial charge in [0.05, 0.1) is 0 Å². The van der Waals surface area contributed by atoms with Gasteiger partial charge in [-0.25, -0.2) is 15.0 Å². The molecule has 0 aliphatic carbocycles. The van der Waals surface area contributed by atoms with Crippen LogP contribution in [0.5, 0.6) is 0 Å². The van der Waals surface area contributed by atoms with Gasteiger partial charge in [0.2, 0.25) is 11.9 Å². The second kappa shape index (κ2) is 7.91. The summed E-state index contributed by atoms with van der Waals surface area (Å²) in [5.41, 5.74) is 2.63. The van der Waals surface area contributed by atoms with E-state index in [4.69, 9.17) is 0 Å². The van der Waals surface area contributed by atoms with Gasteiger partial charge in [-0.1, -0.05) is 12.1 Å². The monoisotopic (exact) mass is 366 g/mol. The standard InChI is InChI=1S/C15H13N6.Y/c1-11-4-2-5-12(10-11)19-15-18-9-6-13(21-15)20-14-16-7-3-8-17-14;/h2-5,7-10H,1H3,(H2,16,17,18,19,20,21);/q-1;. The fourth-order valence-corrected chi connectivity index (χ4v) is 1.77. The van der Waals surface area contributed by atoms with Crippen molar-refractivity contribution in [3.8, 4) is 0 Å². The Morgan fingerprint density at radius 1 is 1.14 bits per heavy atom. The number of aryl methyl sites for hydroxylation is 1. The summed E-state index contributed by atoms with van der Waals surface area (Å²) in [6.07, 6.45) is 4.83. The predicted molar refractivity (Wildman–Crippen MR) is 79.1 cm³/mol. The molecular weight excluding hydrogens is 353 g/mol. The van der Waals surface area contributed by atoms with Crippen LogP contribution in [-0.4, -0.2) is 19.9 Å². The van der Waals surface area contributed by atoms with E-state index in [0.717, 1.165) is 5.69 Å². The molecule has 0 unspecified atom stereocenters. The number of H-pyrrole nitrogens is 1. The number of aromatic amines is 1. The topological polar surface area (TPSA) is 78.8 Å². The molecule has 3 rings (SSSR count). The number of nitrogens with one attached hydrogen (secondary N) is 2. The summed E-state index contributed by atoms with van der Waals surface area (Å²) in [4.78, 5) is 19.5. The van der Waals surface area contributed by atoms with Crippen LogP contribution < -0.4 is 10.8 Å². The number of rotatable bonds is 3. The van der Waals surface area contributed by atoms with Crippen LogP contribution >= 0.6 is 0 Å². The van der Waals surface area contributed by atoms with Gasteiger partial charge in [-0.15, -0.1) is 6.20 Å². The maximum Gasteiger partial charge on any atom is 0.248 e. The van der Waals surface area contributed by atoms with E-state index in [1.54, 1.807) is 24.7 Å². The molecule has 0 saturated carbocycles. The first-order valence-electron chi connectivity index (χ1n) is 6.42. The second-order valence-corrected chi connectivity index (χ2v) is 4.38. The Labute approximate surface area is 153 Å². The molecule has 3 aromatic rings. The van der Waals surface area contributed by atoms with Crippen molar-refractivity contribution in [3.05, 3.63) is 66.0 Å². The third kappa shape index (κ3) is 4.54. The minimum absolute atomic E-state index is 0. The SMILES string of the molecule is Cc1cccc(Nc2nc[c-]/c(=N/c3ncccn3)[nH]2)c1.[Y]. The quantitative estimate of drug-likeness (QED) is 0.698. The van der Waals surface area contributed by atoms with E-state index in [0.29, 0.717) is 17.4 Å². The maximum atomic E-state index is 4.25. The van der Waals surface area contributed by atoms with Crippen molar-refractivity contribution in [2.24, 2.45) is 4.99 Å². The van der Waals surface area contributed by atoms with Gasteiger partial charge in [0.25, 0.3) is 0 Å². The molecular formula is C15H13N6Y-. The molecule has 2 aromatic heterocycles. The zero-order valence-corrected chi connectivity index (χ0v) is 14.8. The smallest absolute Gasteiger partial charge is 0.248 e.